The molecular formula is C14H13BrN2OS. The molecule has 1 heterocycles. The maximum Gasteiger partial charge on any atom is 0.129 e. The van der Waals surface area contributed by atoms with Gasteiger partial charge < -0.3 is 10.5 Å². The lowest BCUT2D eigenvalue weighted by atomic mass is 10.2. The van der Waals surface area contributed by atoms with Gasteiger partial charge in [0.15, 0.2) is 0 Å². The van der Waals surface area contributed by atoms with E-state index in [1.807, 2.05) is 30.3 Å². The number of halogens is 1. The SMILES string of the molecule is NC(=S)c1cc(Br)ccc1OCCc1ccncc1. The fourth-order valence-electron chi connectivity index (χ4n) is 1.65. The van der Waals surface area contributed by atoms with E-state index in [1.54, 1.807) is 12.4 Å². The molecule has 0 bridgehead atoms. The van der Waals surface area contributed by atoms with Crippen LogP contribution in [0.5, 0.6) is 5.75 Å². The van der Waals surface area contributed by atoms with E-state index in [4.69, 9.17) is 22.7 Å². The molecule has 0 saturated carbocycles. The third kappa shape index (κ3) is 4.01. The number of nitrogens with zero attached hydrogens (tertiary/aromatic N) is 1. The van der Waals surface area contributed by atoms with E-state index in [2.05, 4.69) is 20.9 Å². The number of pyridine rings is 1. The molecule has 0 fully saturated rings. The summed E-state index contributed by atoms with van der Waals surface area (Å²) in [6.45, 7) is 0.571. The van der Waals surface area contributed by atoms with Crippen molar-refractivity contribution in [2.75, 3.05) is 6.61 Å². The van der Waals surface area contributed by atoms with Crippen LogP contribution in [0.3, 0.4) is 0 Å². The molecule has 5 heteroatoms. The number of nitrogens with two attached hydrogens (primary N) is 1. The van der Waals surface area contributed by atoms with Crippen LogP contribution in [0.2, 0.25) is 0 Å². The van der Waals surface area contributed by atoms with Gasteiger partial charge in [-0.15, -0.1) is 0 Å². The Kier molecular flexibility index (Phi) is 4.87. The number of aromatic nitrogens is 1. The molecule has 2 N–H and O–H groups in total. The molecule has 98 valence electrons. The van der Waals surface area contributed by atoms with Gasteiger partial charge in [0.05, 0.1) is 12.2 Å². The molecule has 19 heavy (non-hydrogen) atoms. The highest BCUT2D eigenvalue weighted by molar-refractivity contribution is 9.10. The zero-order valence-corrected chi connectivity index (χ0v) is 12.6. The summed E-state index contributed by atoms with van der Waals surface area (Å²) in [5.74, 6) is 0.713. The monoisotopic (exact) mass is 336 g/mol. The fourth-order valence-corrected chi connectivity index (χ4v) is 2.17. The van der Waals surface area contributed by atoms with Gasteiger partial charge in [-0.3, -0.25) is 4.98 Å². The Morgan fingerprint density at radius 3 is 2.68 bits per heavy atom. The summed E-state index contributed by atoms with van der Waals surface area (Å²) < 4.78 is 6.68. The van der Waals surface area contributed by atoms with Crippen molar-refractivity contribution < 1.29 is 4.74 Å². The Morgan fingerprint density at radius 2 is 2.00 bits per heavy atom. The van der Waals surface area contributed by atoms with Crippen LogP contribution in [0, 0.1) is 0 Å². The van der Waals surface area contributed by atoms with Crippen LogP contribution in [-0.4, -0.2) is 16.6 Å². The van der Waals surface area contributed by atoms with Gasteiger partial charge in [0.25, 0.3) is 0 Å². The van der Waals surface area contributed by atoms with E-state index >= 15 is 0 Å². The molecule has 0 atom stereocenters. The maximum atomic E-state index is 5.75. The Morgan fingerprint density at radius 1 is 1.26 bits per heavy atom. The van der Waals surface area contributed by atoms with Gasteiger partial charge in [0, 0.05) is 23.3 Å². The molecule has 0 aliphatic carbocycles. The number of rotatable bonds is 5. The second-order valence-electron chi connectivity index (χ2n) is 3.96. The second-order valence-corrected chi connectivity index (χ2v) is 5.31. The molecule has 0 aliphatic heterocycles. The zero-order valence-electron chi connectivity index (χ0n) is 10.2. The highest BCUT2D eigenvalue weighted by Crippen LogP contribution is 2.23. The minimum absolute atomic E-state index is 0.334. The molecule has 0 amide bonds. The highest BCUT2D eigenvalue weighted by Gasteiger charge is 2.07. The highest BCUT2D eigenvalue weighted by atomic mass is 79.9. The van der Waals surface area contributed by atoms with Crippen molar-refractivity contribution >= 4 is 33.1 Å². The lowest BCUT2D eigenvalue weighted by molar-refractivity contribution is 0.321. The lowest BCUT2D eigenvalue weighted by Crippen LogP contribution is -2.12. The van der Waals surface area contributed by atoms with Crippen LogP contribution in [-0.2, 0) is 6.42 Å². The first-order valence-electron chi connectivity index (χ1n) is 5.78. The number of thiocarbonyl (C=S) groups is 1. The van der Waals surface area contributed by atoms with E-state index in [0.29, 0.717) is 17.3 Å². The van der Waals surface area contributed by atoms with Gasteiger partial charge in [0.1, 0.15) is 10.7 Å². The Balaban J connectivity index is 2.02. The van der Waals surface area contributed by atoms with Crippen LogP contribution in [0.4, 0.5) is 0 Å². The molecule has 1 aromatic carbocycles. The van der Waals surface area contributed by atoms with Gasteiger partial charge in [-0.1, -0.05) is 28.1 Å². The minimum Gasteiger partial charge on any atom is -0.493 e. The first-order chi connectivity index (χ1) is 9.16. The van der Waals surface area contributed by atoms with Crippen LogP contribution in [0.15, 0.2) is 47.2 Å². The van der Waals surface area contributed by atoms with E-state index in [0.717, 1.165) is 16.5 Å². The van der Waals surface area contributed by atoms with Crippen molar-refractivity contribution in [1.82, 2.24) is 4.98 Å². The molecular weight excluding hydrogens is 324 g/mol. The maximum absolute atomic E-state index is 5.75. The lowest BCUT2D eigenvalue weighted by Gasteiger charge is -2.11. The first kappa shape index (κ1) is 14.0. The molecule has 2 aromatic rings. The Bertz CT molecular complexity index is 575. The molecule has 1 aromatic heterocycles. The van der Waals surface area contributed by atoms with Gasteiger partial charge in [0.2, 0.25) is 0 Å². The first-order valence-corrected chi connectivity index (χ1v) is 6.98. The van der Waals surface area contributed by atoms with Crippen LogP contribution < -0.4 is 10.5 Å². The standard InChI is InChI=1S/C14H13BrN2OS/c15-11-1-2-13(12(9-11)14(16)19)18-8-5-10-3-6-17-7-4-10/h1-4,6-7,9H,5,8H2,(H2,16,19). The van der Waals surface area contributed by atoms with E-state index in [9.17, 15) is 0 Å². The summed E-state index contributed by atoms with van der Waals surface area (Å²) in [5, 5.41) is 0. The summed E-state index contributed by atoms with van der Waals surface area (Å²) in [4.78, 5) is 4.31. The molecule has 0 unspecified atom stereocenters. The van der Waals surface area contributed by atoms with Gasteiger partial charge >= 0.3 is 0 Å². The minimum atomic E-state index is 0.334. The summed E-state index contributed by atoms with van der Waals surface area (Å²) >= 11 is 8.41. The molecule has 2 rings (SSSR count). The topological polar surface area (TPSA) is 48.1 Å². The summed E-state index contributed by atoms with van der Waals surface area (Å²) in [7, 11) is 0. The third-order valence-electron chi connectivity index (χ3n) is 2.60. The summed E-state index contributed by atoms with van der Waals surface area (Å²) in [6, 6.07) is 9.58. The molecule has 0 spiro atoms. The predicted molar refractivity (Wildman–Crippen MR) is 83.5 cm³/mol. The van der Waals surface area contributed by atoms with Crippen molar-refractivity contribution in [1.29, 1.82) is 0 Å². The zero-order chi connectivity index (χ0) is 13.7. The quantitative estimate of drug-likeness (QED) is 0.852. The van der Waals surface area contributed by atoms with Gasteiger partial charge in [-0.25, -0.2) is 0 Å². The fraction of sp³-hybridized carbons (Fsp3) is 0.143. The van der Waals surface area contributed by atoms with Crippen LogP contribution >= 0.6 is 28.1 Å². The number of ether oxygens (including phenoxy) is 1. The van der Waals surface area contributed by atoms with Gasteiger partial charge in [-0.2, -0.15) is 0 Å². The Hall–Kier alpha value is -1.46. The van der Waals surface area contributed by atoms with Crippen molar-refractivity contribution in [2.45, 2.75) is 6.42 Å². The number of hydrogen-bond acceptors (Lipinski definition) is 3. The molecule has 0 aliphatic rings. The largest absolute Gasteiger partial charge is 0.493 e. The van der Waals surface area contributed by atoms with E-state index < -0.39 is 0 Å². The average molecular weight is 337 g/mol. The average Bonchev–Trinajstić information content (AvgIpc) is 2.41. The van der Waals surface area contributed by atoms with Crippen molar-refractivity contribution in [2.24, 2.45) is 5.73 Å². The summed E-state index contributed by atoms with van der Waals surface area (Å²) in [6.07, 6.45) is 4.36. The van der Waals surface area contributed by atoms with Gasteiger partial charge in [-0.05, 0) is 35.9 Å². The van der Waals surface area contributed by atoms with Crippen LogP contribution in [0.25, 0.3) is 0 Å². The van der Waals surface area contributed by atoms with Crippen LogP contribution in [0.1, 0.15) is 11.1 Å². The van der Waals surface area contributed by atoms with Crippen molar-refractivity contribution in [3.63, 3.8) is 0 Å². The number of benzene rings is 1. The molecule has 0 saturated heterocycles. The molecule has 3 nitrogen and oxygen atoms in total. The second kappa shape index (κ2) is 6.63. The smallest absolute Gasteiger partial charge is 0.129 e. The summed E-state index contributed by atoms with van der Waals surface area (Å²) in [5.41, 5.74) is 7.62. The van der Waals surface area contributed by atoms with Crippen molar-refractivity contribution in [3.05, 3.63) is 58.3 Å². The number of hydrogen-bond donors (Lipinski definition) is 1. The third-order valence-corrected chi connectivity index (χ3v) is 3.32. The molecule has 0 radical (unpaired) electrons. The Labute approximate surface area is 125 Å². The normalized spacial score (nSPS) is 10.2. The van der Waals surface area contributed by atoms with E-state index in [1.165, 1.54) is 5.56 Å². The van der Waals surface area contributed by atoms with E-state index in [-0.39, 0.29) is 0 Å². The van der Waals surface area contributed by atoms with Crippen molar-refractivity contribution in [3.8, 4) is 5.75 Å². The predicted octanol–water partition coefficient (Wildman–Crippen LogP) is 3.10.